The lowest BCUT2D eigenvalue weighted by Gasteiger charge is -2.20. The minimum Gasteiger partial charge on any atom is -0.309 e. The first-order chi connectivity index (χ1) is 6.16. The minimum absolute atomic E-state index is 0.407. The predicted molar refractivity (Wildman–Crippen MR) is 55.9 cm³/mol. The highest BCUT2D eigenvalue weighted by Gasteiger charge is 2.19. The molecule has 0 amide bonds. The first kappa shape index (κ1) is 10.6. The number of nitrogens with zero attached hydrogens (tertiary/aromatic N) is 2. The summed E-state index contributed by atoms with van der Waals surface area (Å²) in [6.07, 6.45) is 0. The lowest BCUT2D eigenvalue weighted by Crippen LogP contribution is -2.25. The molecule has 1 aromatic heterocycles. The van der Waals surface area contributed by atoms with Crippen molar-refractivity contribution in [2.24, 2.45) is 5.92 Å². The molecule has 0 saturated heterocycles. The Balaban J connectivity index is 2.82. The van der Waals surface area contributed by atoms with Gasteiger partial charge in [-0.15, -0.1) is 5.10 Å². The van der Waals surface area contributed by atoms with Crippen LogP contribution in [0.3, 0.4) is 0 Å². The Morgan fingerprint density at radius 2 is 2.15 bits per heavy atom. The molecular formula is C9H17N3S. The molecule has 0 aromatic carbocycles. The summed E-state index contributed by atoms with van der Waals surface area (Å²) in [5.74, 6) is 0.584. The largest absolute Gasteiger partial charge is 0.309 e. The van der Waals surface area contributed by atoms with Crippen LogP contribution in [0.25, 0.3) is 0 Å². The SMILES string of the molecule is CCNC(c1snnc1C)C(C)C. The van der Waals surface area contributed by atoms with E-state index in [1.807, 2.05) is 6.92 Å². The summed E-state index contributed by atoms with van der Waals surface area (Å²) >= 11 is 1.50. The summed E-state index contributed by atoms with van der Waals surface area (Å²) in [4.78, 5) is 1.27. The second-order valence-corrected chi connectivity index (χ2v) is 4.29. The fraction of sp³-hybridized carbons (Fsp3) is 0.778. The Bertz CT molecular complexity index is 257. The first-order valence-corrected chi connectivity index (χ1v) is 5.46. The number of nitrogens with one attached hydrogen (secondary N) is 1. The highest BCUT2D eigenvalue weighted by Crippen LogP contribution is 2.25. The third-order valence-electron chi connectivity index (χ3n) is 2.06. The van der Waals surface area contributed by atoms with E-state index in [0.29, 0.717) is 12.0 Å². The molecule has 0 saturated carbocycles. The quantitative estimate of drug-likeness (QED) is 0.807. The molecule has 1 N–H and O–H groups in total. The second-order valence-electron chi connectivity index (χ2n) is 3.50. The average molecular weight is 199 g/mol. The van der Waals surface area contributed by atoms with Crippen molar-refractivity contribution >= 4 is 11.5 Å². The number of aromatic nitrogens is 2. The van der Waals surface area contributed by atoms with Crippen molar-refractivity contribution in [3.8, 4) is 0 Å². The highest BCUT2D eigenvalue weighted by molar-refractivity contribution is 7.05. The fourth-order valence-corrected chi connectivity index (χ4v) is 2.27. The zero-order valence-electron chi connectivity index (χ0n) is 8.66. The van der Waals surface area contributed by atoms with E-state index in [0.717, 1.165) is 12.2 Å². The van der Waals surface area contributed by atoms with Crippen LogP contribution in [-0.2, 0) is 0 Å². The van der Waals surface area contributed by atoms with Gasteiger partial charge in [0.15, 0.2) is 0 Å². The van der Waals surface area contributed by atoms with E-state index in [2.05, 4.69) is 35.7 Å². The van der Waals surface area contributed by atoms with Crippen LogP contribution < -0.4 is 5.32 Å². The Hall–Kier alpha value is -0.480. The Kier molecular flexibility index (Phi) is 3.81. The summed E-state index contributed by atoms with van der Waals surface area (Å²) in [6, 6.07) is 0.407. The Labute approximate surface area is 83.7 Å². The number of aryl methyl sites for hydroxylation is 1. The molecule has 0 radical (unpaired) electrons. The van der Waals surface area contributed by atoms with Gasteiger partial charge >= 0.3 is 0 Å². The summed E-state index contributed by atoms with van der Waals surface area (Å²) in [7, 11) is 0. The van der Waals surface area contributed by atoms with Gasteiger partial charge in [-0.25, -0.2) is 0 Å². The van der Waals surface area contributed by atoms with Crippen LogP contribution in [0.5, 0.6) is 0 Å². The van der Waals surface area contributed by atoms with Crippen molar-refractivity contribution in [1.82, 2.24) is 14.9 Å². The van der Waals surface area contributed by atoms with Gasteiger partial charge in [0, 0.05) is 6.04 Å². The first-order valence-electron chi connectivity index (χ1n) is 4.69. The lowest BCUT2D eigenvalue weighted by molar-refractivity contribution is 0.426. The van der Waals surface area contributed by atoms with Crippen molar-refractivity contribution in [3.05, 3.63) is 10.6 Å². The third-order valence-corrected chi connectivity index (χ3v) is 2.97. The van der Waals surface area contributed by atoms with E-state index in [1.54, 1.807) is 0 Å². The highest BCUT2D eigenvalue weighted by atomic mass is 32.1. The van der Waals surface area contributed by atoms with Gasteiger partial charge in [-0.2, -0.15) is 0 Å². The van der Waals surface area contributed by atoms with E-state index >= 15 is 0 Å². The maximum atomic E-state index is 4.03. The molecule has 74 valence electrons. The maximum Gasteiger partial charge on any atom is 0.0772 e. The monoisotopic (exact) mass is 199 g/mol. The van der Waals surface area contributed by atoms with Gasteiger partial charge in [0.2, 0.25) is 0 Å². The molecular weight excluding hydrogens is 182 g/mol. The van der Waals surface area contributed by atoms with Crippen LogP contribution in [0, 0.1) is 12.8 Å². The second kappa shape index (κ2) is 4.67. The summed E-state index contributed by atoms with van der Waals surface area (Å²) in [5.41, 5.74) is 1.06. The van der Waals surface area contributed by atoms with Crippen LogP contribution in [0.4, 0.5) is 0 Å². The summed E-state index contributed by atoms with van der Waals surface area (Å²) in [6.45, 7) is 9.56. The van der Waals surface area contributed by atoms with Crippen LogP contribution >= 0.6 is 11.5 Å². The van der Waals surface area contributed by atoms with E-state index in [-0.39, 0.29) is 0 Å². The number of rotatable bonds is 4. The molecule has 13 heavy (non-hydrogen) atoms. The number of hydrogen-bond acceptors (Lipinski definition) is 4. The molecule has 1 unspecified atom stereocenters. The van der Waals surface area contributed by atoms with Crippen molar-refractivity contribution in [3.63, 3.8) is 0 Å². The van der Waals surface area contributed by atoms with Crippen LogP contribution in [0.2, 0.25) is 0 Å². The van der Waals surface area contributed by atoms with Crippen molar-refractivity contribution in [2.75, 3.05) is 6.54 Å². The smallest absolute Gasteiger partial charge is 0.0772 e. The van der Waals surface area contributed by atoms with Crippen LogP contribution in [0.15, 0.2) is 0 Å². The molecule has 0 aliphatic carbocycles. The molecule has 3 nitrogen and oxygen atoms in total. The predicted octanol–water partition coefficient (Wildman–Crippen LogP) is 2.15. The molecule has 0 spiro atoms. The molecule has 4 heteroatoms. The minimum atomic E-state index is 0.407. The Morgan fingerprint density at radius 3 is 2.54 bits per heavy atom. The van der Waals surface area contributed by atoms with Crippen molar-refractivity contribution < 1.29 is 0 Å². The molecule has 0 bridgehead atoms. The fourth-order valence-electron chi connectivity index (χ4n) is 1.37. The summed E-state index contributed by atoms with van der Waals surface area (Å²) < 4.78 is 3.96. The van der Waals surface area contributed by atoms with E-state index in [1.165, 1.54) is 16.4 Å². The van der Waals surface area contributed by atoms with E-state index < -0.39 is 0 Å². The zero-order chi connectivity index (χ0) is 9.84. The molecule has 0 fully saturated rings. The van der Waals surface area contributed by atoms with Gasteiger partial charge < -0.3 is 5.32 Å². The van der Waals surface area contributed by atoms with E-state index in [4.69, 9.17) is 0 Å². The molecule has 1 heterocycles. The van der Waals surface area contributed by atoms with Gasteiger partial charge in [-0.3, -0.25) is 0 Å². The van der Waals surface area contributed by atoms with Gasteiger partial charge in [0.1, 0.15) is 0 Å². The van der Waals surface area contributed by atoms with Crippen molar-refractivity contribution in [2.45, 2.75) is 33.7 Å². The number of hydrogen-bond donors (Lipinski definition) is 1. The van der Waals surface area contributed by atoms with Crippen molar-refractivity contribution in [1.29, 1.82) is 0 Å². The molecule has 1 aromatic rings. The van der Waals surface area contributed by atoms with Crippen LogP contribution in [-0.4, -0.2) is 16.1 Å². The third kappa shape index (κ3) is 2.48. The van der Waals surface area contributed by atoms with E-state index in [9.17, 15) is 0 Å². The van der Waals surface area contributed by atoms with Gasteiger partial charge in [-0.05, 0) is 30.9 Å². The normalized spacial score (nSPS) is 13.6. The topological polar surface area (TPSA) is 37.8 Å². The average Bonchev–Trinajstić information content (AvgIpc) is 2.47. The molecule has 0 aliphatic heterocycles. The molecule has 1 atom stereocenters. The molecule has 0 aliphatic rings. The zero-order valence-corrected chi connectivity index (χ0v) is 9.48. The standard InChI is InChI=1S/C9H17N3S/c1-5-10-8(6(2)3)9-7(4)11-12-13-9/h6,8,10H,5H2,1-4H3. The van der Waals surface area contributed by atoms with Crippen LogP contribution in [0.1, 0.15) is 37.4 Å². The van der Waals surface area contributed by atoms with Gasteiger partial charge in [0.05, 0.1) is 10.6 Å². The van der Waals surface area contributed by atoms with Gasteiger partial charge in [0.25, 0.3) is 0 Å². The lowest BCUT2D eigenvalue weighted by atomic mass is 10.0. The summed E-state index contributed by atoms with van der Waals surface area (Å²) in [5, 5.41) is 7.49. The maximum absolute atomic E-state index is 4.03. The van der Waals surface area contributed by atoms with Gasteiger partial charge in [-0.1, -0.05) is 25.3 Å². The molecule has 1 rings (SSSR count). The Morgan fingerprint density at radius 1 is 1.46 bits per heavy atom.